The maximum atomic E-state index is 12.5. The van der Waals surface area contributed by atoms with Crippen molar-refractivity contribution in [1.29, 1.82) is 0 Å². The van der Waals surface area contributed by atoms with Crippen molar-refractivity contribution < 1.29 is 17.9 Å². The molecule has 1 heterocycles. The number of sulfonamides is 1. The minimum atomic E-state index is -3.98. The number of benzene rings is 2. The lowest BCUT2D eigenvalue weighted by Gasteiger charge is -2.28. The molecule has 0 bridgehead atoms. The minimum Gasteiger partial charge on any atom is -0.472 e. The topological polar surface area (TPSA) is 75.7 Å². The van der Waals surface area contributed by atoms with E-state index in [0.717, 1.165) is 0 Å². The quantitative estimate of drug-likeness (QED) is 0.893. The van der Waals surface area contributed by atoms with Crippen molar-refractivity contribution in [2.24, 2.45) is 0 Å². The van der Waals surface area contributed by atoms with E-state index in [4.69, 9.17) is 27.9 Å². The molecule has 0 spiro atoms. The number of nitrogens with zero attached hydrogens (tertiary/aromatic N) is 1. The van der Waals surface area contributed by atoms with Gasteiger partial charge in [-0.3, -0.25) is 0 Å². The summed E-state index contributed by atoms with van der Waals surface area (Å²) in [5.41, 5.74) is 0.239. The monoisotopic (exact) mass is 372 g/mol. The lowest BCUT2D eigenvalue weighted by atomic mass is 10.3. The van der Waals surface area contributed by atoms with E-state index in [1.807, 2.05) is 0 Å². The van der Waals surface area contributed by atoms with Crippen molar-refractivity contribution in [3.63, 3.8) is 0 Å². The average Bonchev–Trinajstić information content (AvgIpc) is 2.50. The predicted octanol–water partition coefficient (Wildman–Crippen LogP) is 3.57. The molecule has 2 aromatic rings. The summed E-state index contributed by atoms with van der Waals surface area (Å²) < 4.78 is 30.9. The molecule has 0 atom stereocenters. The molecular weight excluding hydrogens is 363 g/mol. The molecule has 1 aliphatic rings. The highest BCUT2D eigenvalue weighted by Crippen LogP contribution is 2.30. The molecule has 0 saturated carbocycles. The number of amides is 2. The highest BCUT2D eigenvalue weighted by Gasteiger charge is 2.36. The van der Waals surface area contributed by atoms with Gasteiger partial charge in [0.05, 0.1) is 15.7 Å². The molecule has 0 aromatic heterocycles. The number of hydrogen-bond acceptors (Lipinski definition) is 4. The third-order valence-electron chi connectivity index (χ3n) is 3.16. The number of para-hydroxylation sites is 1. The van der Waals surface area contributed by atoms with E-state index >= 15 is 0 Å². The highest BCUT2D eigenvalue weighted by atomic mass is 35.5. The maximum Gasteiger partial charge on any atom is 0.338 e. The van der Waals surface area contributed by atoms with Crippen LogP contribution in [-0.2, 0) is 10.0 Å². The molecule has 2 aromatic carbocycles. The molecule has 0 unspecified atom stereocenters. The van der Waals surface area contributed by atoms with Crippen LogP contribution >= 0.6 is 23.2 Å². The number of hydrogen-bond donors (Lipinski definition) is 1. The van der Waals surface area contributed by atoms with Crippen molar-refractivity contribution in [2.75, 3.05) is 12.0 Å². The Morgan fingerprint density at radius 2 is 1.83 bits per heavy atom. The summed E-state index contributed by atoms with van der Waals surface area (Å²) in [7, 11) is -3.98. The minimum absolute atomic E-state index is 0.0114. The Kier molecular flexibility index (Phi) is 4.09. The zero-order valence-corrected chi connectivity index (χ0v) is 13.8. The molecule has 9 heteroatoms. The Morgan fingerprint density at radius 3 is 2.57 bits per heavy atom. The van der Waals surface area contributed by atoms with Gasteiger partial charge in [0, 0.05) is 6.07 Å². The summed E-state index contributed by atoms with van der Waals surface area (Å²) in [6, 6.07) is 9.83. The molecule has 1 N–H and O–H groups in total. The van der Waals surface area contributed by atoms with Gasteiger partial charge in [-0.15, -0.1) is 0 Å². The number of urea groups is 1. The Balaban J connectivity index is 1.85. The average molecular weight is 373 g/mol. The molecule has 3 rings (SSSR count). The molecule has 0 radical (unpaired) electrons. The van der Waals surface area contributed by atoms with Gasteiger partial charge in [-0.05, 0) is 24.3 Å². The van der Waals surface area contributed by atoms with Gasteiger partial charge in [-0.2, -0.15) is 4.31 Å². The third-order valence-corrected chi connectivity index (χ3v) is 5.67. The Bertz CT molecular complexity index is 886. The van der Waals surface area contributed by atoms with E-state index in [2.05, 4.69) is 5.32 Å². The SMILES string of the molecule is O=C1Nc2ccccc2S(=O)(=O)N1COc1ccc(Cl)c(Cl)c1. The largest absolute Gasteiger partial charge is 0.472 e. The third kappa shape index (κ3) is 2.95. The van der Waals surface area contributed by atoms with Crippen LogP contribution in [0.4, 0.5) is 10.5 Å². The Morgan fingerprint density at radius 1 is 1.09 bits per heavy atom. The number of carbonyl (C=O) groups is 1. The molecule has 1 aliphatic heterocycles. The summed E-state index contributed by atoms with van der Waals surface area (Å²) in [6.07, 6.45) is 0. The first-order chi connectivity index (χ1) is 10.9. The molecule has 0 saturated heterocycles. The first kappa shape index (κ1) is 15.9. The molecule has 2 amide bonds. The number of ether oxygens (including phenoxy) is 1. The van der Waals surface area contributed by atoms with Gasteiger partial charge in [0.1, 0.15) is 10.6 Å². The van der Waals surface area contributed by atoms with Gasteiger partial charge in [0.25, 0.3) is 10.0 Å². The van der Waals surface area contributed by atoms with Crippen LogP contribution in [0.3, 0.4) is 0 Å². The summed E-state index contributed by atoms with van der Waals surface area (Å²) in [5.74, 6) is 0.293. The Labute approximate surface area is 142 Å². The first-order valence-corrected chi connectivity index (χ1v) is 8.60. The van der Waals surface area contributed by atoms with Crippen LogP contribution in [0.15, 0.2) is 47.4 Å². The Hall–Kier alpha value is -1.96. The van der Waals surface area contributed by atoms with Gasteiger partial charge >= 0.3 is 6.03 Å². The second-order valence-electron chi connectivity index (χ2n) is 4.63. The van der Waals surface area contributed by atoms with E-state index in [-0.39, 0.29) is 15.6 Å². The number of halogens is 2. The fraction of sp³-hybridized carbons (Fsp3) is 0.0714. The zero-order valence-electron chi connectivity index (χ0n) is 11.5. The molecule has 120 valence electrons. The van der Waals surface area contributed by atoms with Crippen molar-refractivity contribution in [2.45, 2.75) is 4.90 Å². The van der Waals surface area contributed by atoms with Crippen LogP contribution in [0.1, 0.15) is 0 Å². The molecule has 0 fully saturated rings. The zero-order chi connectivity index (χ0) is 16.6. The number of carbonyl (C=O) groups excluding carboxylic acids is 1. The standard InChI is InChI=1S/C14H10Cl2N2O4S/c15-10-6-5-9(7-11(10)16)22-8-18-14(19)17-12-3-1-2-4-13(12)23(18,20)21/h1-7H,8H2,(H,17,19). The summed E-state index contributed by atoms with van der Waals surface area (Å²) in [6.45, 7) is -0.486. The van der Waals surface area contributed by atoms with Crippen LogP contribution in [0.2, 0.25) is 10.0 Å². The number of rotatable bonds is 3. The number of anilines is 1. The number of nitrogens with one attached hydrogen (secondary N) is 1. The van der Waals surface area contributed by atoms with Crippen molar-refractivity contribution >= 4 is 44.9 Å². The fourth-order valence-electron chi connectivity index (χ4n) is 2.03. The van der Waals surface area contributed by atoms with E-state index in [1.54, 1.807) is 12.1 Å². The maximum absolute atomic E-state index is 12.5. The first-order valence-electron chi connectivity index (χ1n) is 6.40. The molecular formula is C14H10Cl2N2O4S. The van der Waals surface area contributed by atoms with Crippen molar-refractivity contribution in [1.82, 2.24) is 4.31 Å². The van der Waals surface area contributed by atoms with Gasteiger partial charge in [0.2, 0.25) is 0 Å². The van der Waals surface area contributed by atoms with Crippen LogP contribution in [0.25, 0.3) is 0 Å². The van der Waals surface area contributed by atoms with Crippen LogP contribution < -0.4 is 10.1 Å². The van der Waals surface area contributed by atoms with Crippen LogP contribution in [0.5, 0.6) is 5.75 Å². The highest BCUT2D eigenvalue weighted by molar-refractivity contribution is 7.90. The van der Waals surface area contributed by atoms with Crippen molar-refractivity contribution in [3.05, 3.63) is 52.5 Å². The van der Waals surface area contributed by atoms with Crippen molar-refractivity contribution in [3.8, 4) is 5.75 Å². The van der Waals surface area contributed by atoms with Gasteiger partial charge in [0.15, 0.2) is 6.73 Å². The summed E-state index contributed by atoms with van der Waals surface area (Å²) >= 11 is 11.7. The predicted molar refractivity (Wildman–Crippen MR) is 86.4 cm³/mol. The molecule has 23 heavy (non-hydrogen) atoms. The van der Waals surface area contributed by atoms with Gasteiger partial charge in [-0.1, -0.05) is 35.3 Å². The lowest BCUT2D eigenvalue weighted by Crippen LogP contribution is -2.45. The van der Waals surface area contributed by atoms with Crippen LogP contribution in [0, 0.1) is 0 Å². The normalized spacial score (nSPS) is 15.7. The van der Waals surface area contributed by atoms with Gasteiger partial charge in [-0.25, -0.2) is 13.2 Å². The van der Waals surface area contributed by atoms with E-state index < -0.39 is 22.8 Å². The van der Waals surface area contributed by atoms with E-state index in [1.165, 1.54) is 30.3 Å². The second kappa shape index (κ2) is 5.92. The lowest BCUT2D eigenvalue weighted by molar-refractivity contribution is 0.191. The summed E-state index contributed by atoms with van der Waals surface area (Å²) in [4.78, 5) is 12.0. The fourth-order valence-corrected chi connectivity index (χ4v) is 3.66. The summed E-state index contributed by atoms with van der Waals surface area (Å²) in [5, 5.41) is 3.11. The van der Waals surface area contributed by atoms with Crippen LogP contribution in [-0.4, -0.2) is 25.5 Å². The second-order valence-corrected chi connectivity index (χ2v) is 7.27. The molecule has 0 aliphatic carbocycles. The molecule has 6 nitrogen and oxygen atoms in total. The smallest absolute Gasteiger partial charge is 0.338 e. The van der Waals surface area contributed by atoms with E-state index in [9.17, 15) is 13.2 Å². The number of fused-ring (bicyclic) bond motifs is 1. The van der Waals surface area contributed by atoms with E-state index in [0.29, 0.717) is 15.1 Å². The van der Waals surface area contributed by atoms with Gasteiger partial charge < -0.3 is 10.1 Å².